The van der Waals surface area contributed by atoms with E-state index in [-0.39, 0.29) is 5.75 Å². The standard InChI is InChI=1S/C25H19F2N3O4/c1-32-21-11-14-10-20-23(19(14)13-22(21)33-2)29-30(24(20)28-17-5-3-4-16(27)12-17)25(31)34-18-8-6-15(26)7-9-18/h3-13,28-29H,1-2H3. The van der Waals surface area contributed by atoms with Gasteiger partial charge < -0.3 is 19.5 Å². The fourth-order valence-electron chi connectivity index (χ4n) is 3.81. The summed E-state index contributed by atoms with van der Waals surface area (Å²) in [6.07, 6.45) is -0.768. The Bertz CT molecular complexity index is 1470. The minimum atomic E-state index is -0.768. The Morgan fingerprint density at radius 2 is 1.65 bits per heavy atom. The minimum absolute atomic E-state index is 0.168. The number of nitrogens with one attached hydrogen (secondary N) is 2. The summed E-state index contributed by atoms with van der Waals surface area (Å²) in [5.41, 5.74) is 1.72. The average Bonchev–Trinajstić information content (AvgIpc) is 3.36. The molecule has 0 bridgehead atoms. The third-order valence-corrected chi connectivity index (χ3v) is 5.39. The van der Waals surface area contributed by atoms with Gasteiger partial charge in [0.05, 0.1) is 19.9 Å². The van der Waals surface area contributed by atoms with E-state index in [1.165, 1.54) is 48.2 Å². The minimum Gasteiger partial charge on any atom is -0.493 e. The van der Waals surface area contributed by atoms with Crippen LogP contribution >= 0.6 is 0 Å². The Morgan fingerprint density at radius 1 is 0.912 bits per heavy atom. The number of aromatic amines is 1. The van der Waals surface area contributed by atoms with Crippen LogP contribution in [0.5, 0.6) is 17.2 Å². The van der Waals surface area contributed by atoms with Crippen molar-refractivity contribution in [3.8, 4) is 28.5 Å². The summed E-state index contributed by atoms with van der Waals surface area (Å²) in [6.45, 7) is 0. The molecule has 172 valence electrons. The molecule has 0 spiro atoms. The second-order valence-electron chi connectivity index (χ2n) is 7.48. The summed E-state index contributed by atoms with van der Waals surface area (Å²) in [4.78, 5) is 13.1. The van der Waals surface area contributed by atoms with Crippen molar-refractivity contribution in [2.75, 3.05) is 19.5 Å². The Balaban J connectivity index is 1.64. The van der Waals surface area contributed by atoms with Crippen molar-refractivity contribution >= 4 is 28.4 Å². The van der Waals surface area contributed by atoms with E-state index in [0.717, 1.165) is 10.8 Å². The molecule has 0 aromatic heterocycles. The fraction of sp³-hybridized carbons (Fsp3) is 0.0800. The predicted molar refractivity (Wildman–Crippen MR) is 124 cm³/mol. The summed E-state index contributed by atoms with van der Waals surface area (Å²) < 4.78 is 44.5. The van der Waals surface area contributed by atoms with Crippen LogP contribution in [-0.4, -0.2) is 30.1 Å². The van der Waals surface area contributed by atoms with Gasteiger partial charge >= 0.3 is 6.09 Å². The normalized spacial score (nSPS) is 11.1. The average molecular weight is 463 g/mol. The number of H-pyrrole nitrogens is 1. The van der Waals surface area contributed by atoms with Gasteiger partial charge in [-0.05, 0) is 66.0 Å². The van der Waals surface area contributed by atoms with Crippen LogP contribution in [0.3, 0.4) is 0 Å². The summed E-state index contributed by atoms with van der Waals surface area (Å²) >= 11 is 0. The number of rotatable bonds is 5. The van der Waals surface area contributed by atoms with Gasteiger partial charge in [-0.2, -0.15) is 4.68 Å². The van der Waals surface area contributed by atoms with Crippen LogP contribution in [-0.2, 0) is 0 Å². The second kappa shape index (κ2) is 8.43. The molecule has 1 heterocycles. The maximum Gasteiger partial charge on any atom is 0.440 e. The maximum absolute atomic E-state index is 13.8. The van der Waals surface area contributed by atoms with Crippen molar-refractivity contribution in [1.29, 1.82) is 0 Å². The van der Waals surface area contributed by atoms with Crippen LogP contribution in [0, 0.1) is 11.6 Å². The summed E-state index contributed by atoms with van der Waals surface area (Å²) in [5, 5.41) is 7.78. The first-order valence-electron chi connectivity index (χ1n) is 10.3. The lowest BCUT2D eigenvalue weighted by Gasteiger charge is -2.11. The molecule has 2 aliphatic rings. The van der Waals surface area contributed by atoms with Gasteiger partial charge in [-0.25, -0.2) is 13.6 Å². The van der Waals surface area contributed by atoms with E-state index < -0.39 is 17.7 Å². The van der Waals surface area contributed by atoms with E-state index in [0.29, 0.717) is 34.3 Å². The highest BCUT2D eigenvalue weighted by Gasteiger charge is 2.26. The second-order valence-corrected chi connectivity index (χ2v) is 7.48. The molecule has 1 aliphatic heterocycles. The van der Waals surface area contributed by atoms with E-state index in [4.69, 9.17) is 14.2 Å². The lowest BCUT2D eigenvalue weighted by atomic mass is 10.2. The molecule has 5 rings (SSSR count). The van der Waals surface area contributed by atoms with Crippen LogP contribution in [0.2, 0.25) is 0 Å². The Kier molecular flexibility index (Phi) is 5.29. The zero-order valence-corrected chi connectivity index (χ0v) is 18.2. The van der Waals surface area contributed by atoms with Gasteiger partial charge in [-0.15, -0.1) is 0 Å². The van der Waals surface area contributed by atoms with Crippen LogP contribution < -0.4 is 19.5 Å². The number of benzene rings is 3. The molecule has 7 nitrogen and oxygen atoms in total. The molecule has 2 N–H and O–H groups in total. The van der Waals surface area contributed by atoms with Crippen molar-refractivity contribution in [2.24, 2.45) is 0 Å². The lowest BCUT2D eigenvalue weighted by Crippen LogP contribution is -2.19. The van der Waals surface area contributed by atoms with Crippen molar-refractivity contribution in [3.63, 3.8) is 0 Å². The highest BCUT2D eigenvalue weighted by atomic mass is 19.1. The molecular weight excluding hydrogens is 444 g/mol. The van der Waals surface area contributed by atoms with Gasteiger partial charge in [-0.1, -0.05) is 6.07 Å². The topological polar surface area (TPSA) is 77.5 Å². The molecule has 0 fully saturated rings. The zero-order valence-electron chi connectivity index (χ0n) is 18.2. The number of ether oxygens (including phenoxy) is 3. The van der Waals surface area contributed by atoms with Crippen molar-refractivity contribution in [3.05, 3.63) is 78.4 Å². The molecular formula is C25H19F2N3O4. The van der Waals surface area contributed by atoms with Crippen LogP contribution in [0.15, 0.2) is 66.7 Å². The molecule has 0 atom stereocenters. The number of carbonyl (C=O) groups is 1. The molecule has 34 heavy (non-hydrogen) atoms. The first-order chi connectivity index (χ1) is 16.5. The number of fused-ring (bicyclic) bond motifs is 3. The zero-order chi connectivity index (χ0) is 23.8. The predicted octanol–water partition coefficient (Wildman–Crippen LogP) is 6.16. The monoisotopic (exact) mass is 463 g/mol. The molecule has 3 aromatic rings. The molecule has 0 radical (unpaired) electrons. The molecule has 1 aliphatic carbocycles. The van der Waals surface area contributed by atoms with Gasteiger partial charge in [0.15, 0.2) is 11.5 Å². The molecule has 9 heteroatoms. The highest BCUT2D eigenvalue weighted by Crippen LogP contribution is 2.44. The Hall–Kier alpha value is -4.53. The van der Waals surface area contributed by atoms with E-state index in [1.807, 2.05) is 12.1 Å². The fourth-order valence-corrected chi connectivity index (χ4v) is 3.81. The van der Waals surface area contributed by atoms with E-state index in [2.05, 4.69) is 10.4 Å². The van der Waals surface area contributed by atoms with E-state index in [1.54, 1.807) is 25.3 Å². The Labute approximate surface area is 192 Å². The third-order valence-electron chi connectivity index (χ3n) is 5.39. The van der Waals surface area contributed by atoms with Gasteiger partial charge in [0.1, 0.15) is 23.2 Å². The van der Waals surface area contributed by atoms with Gasteiger partial charge in [0, 0.05) is 16.6 Å². The number of anilines is 2. The molecule has 0 amide bonds. The number of nitrogens with zero attached hydrogens (tertiary/aromatic N) is 1. The van der Waals surface area contributed by atoms with Crippen molar-refractivity contribution < 1.29 is 27.8 Å². The SMILES string of the molecule is COc1cc2cc3c(Nc4cccc(F)c4)n(C(=O)Oc4ccc(F)cc4)[nH]c-3c2cc1OC. The number of halogens is 2. The summed E-state index contributed by atoms with van der Waals surface area (Å²) in [6, 6.07) is 16.4. The van der Waals surface area contributed by atoms with Crippen LogP contribution in [0.25, 0.3) is 22.0 Å². The molecule has 0 saturated heterocycles. The largest absolute Gasteiger partial charge is 0.493 e. The van der Waals surface area contributed by atoms with Crippen LogP contribution in [0.4, 0.5) is 25.1 Å². The van der Waals surface area contributed by atoms with Crippen LogP contribution in [0.1, 0.15) is 0 Å². The Morgan fingerprint density at radius 3 is 2.35 bits per heavy atom. The highest BCUT2D eigenvalue weighted by molar-refractivity contribution is 6.06. The van der Waals surface area contributed by atoms with Crippen molar-refractivity contribution in [2.45, 2.75) is 0 Å². The van der Waals surface area contributed by atoms with Crippen molar-refractivity contribution in [1.82, 2.24) is 9.78 Å². The number of hydrogen-bond donors (Lipinski definition) is 2. The summed E-state index contributed by atoms with van der Waals surface area (Å²) in [5.74, 6) is 0.709. The van der Waals surface area contributed by atoms with E-state index in [9.17, 15) is 13.6 Å². The smallest absolute Gasteiger partial charge is 0.440 e. The number of methoxy groups -OCH3 is 2. The van der Waals surface area contributed by atoms with Gasteiger partial charge in [0.25, 0.3) is 0 Å². The lowest BCUT2D eigenvalue weighted by molar-refractivity contribution is 0.199. The molecule has 0 saturated carbocycles. The molecule has 0 unspecified atom stereocenters. The first kappa shape index (κ1) is 21.3. The number of hydrogen-bond acceptors (Lipinski definition) is 5. The first-order valence-corrected chi connectivity index (χ1v) is 10.3. The van der Waals surface area contributed by atoms with Gasteiger partial charge in [-0.3, -0.25) is 5.10 Å². The molecule has 3 aromatic carbocycles. The van der Waals surface area contributed by atoms with Gasteiger partial charge in [0.2, 0.25) is 0 Å². The number of carbonyl (C=O) groups excluding carboxylic acids is 1. The maximum atomic E-state index is 13.8. The third kappa shape index (κ3) is 3.77. The summed E-state index contributed by atoms with van der Waals surface area (Å²) in [7, 11) is 3.09. The number of aromatic nitrogens is 2. The quantitative estimate of drug-likeness (QED) is 0.326. The van der Waals surface area contributed by atoms with E-state index >= 15 is 0 Å².